The van der Waals surface area contributed by atoms with E-state index in [2.05, 4.69) is 10.3 Å². The second-order valence-electron chi connectivity index (χ2n) is 10.2. The molecule has 1 unspecified atom stereocenters. The van der Waals surface area contributed by atoms with E-state index >= 15 is 4.39 Å². The largest absolute Gasteiger partial charge is 0.507 e. The number of nitrogens with zero attached hydrogens (tertiary/aromatic N) is 3. The van der Waals surface area contributed by atoms with Crippen LogP contribution in [0.3, 0.4) is 0 Å². The maximum Gasteiger partial charge on any atom is 0.261 e. The number of nitrogens with one attached hydrogen (secondary N) is 1. The molecule has 1 amide bonds. The van der Waals surface area contributed by atoms with E-state index in [9.17, 15) is 19.4 Å². The number of amides is 1. The number of fused-ring (bicyclic) bond motifs is 2. The molecule has 5 rings (SSSR count). The monoisotopic (exact) mass is 474 g/mol. The predicted molar refractivity (Wildman–Crippen MR) is 121 cm³/mol. The SMILES string of the molecule is CC1(O)CN(c2nc(-c3c(O)cccc3F)c(F)c3c2C(=O)N2CCNC[C@@H]2CO3)C(C)(C)C1. The zero-order chi connectivity index (χ0) is 24.4. The van der Waals surface area contributed by atoms with E-state index in [1.54, 1.807) is 16.7 Å². The first kappa shape index (κ1) is 22.8. The first-order valence-corrected chi connectivity index (χ1v) is 11.4. The van der Waals surface area contributed by atoms with E-state index in [0.717, 1.165) is 6.07 Å². The van der Waals surface area contributed by atoms with Gasteiger partial charge in [0.05, 0.1) is 17.2 Å². The summed E-state index contributed by atoms with van der Waals surface area (Å²) < 4.78 is 36.6. The Morgan fingerprint density at radius 3 is 2.68 bits per heavy atom. The Balaban J connectivity index is 1.79. The van der Waals surface area contributed by atoms with E-state index in [-0.39, 0.29) is 36.3 Å². The summed E-state index contributed by atoms with van der Waals surface area (Å²) in [5.41, 5.74) is -2.64. The molecule has 4 heterocycles. The second-order valence-corrected chi connectivity index (χ2v) is 10.2. The maximum atomic E-state index is 15.9. The maximum absolute atomic E-state index is 15.9. The van der Waals surface area contributed by atoms with Crippen molar-refractivity contribution in [2.45, 2.75) is 44.4 Å². The summed E-state index contributed by atoms with van der Waals surface area (Å²) in [4.78, 5) is 21.6. The summed E-state index contributed by atoms with van der Waals surface area (Å²) in [5, 5.41) is 24.4. The topological polar surface area (TPSA) is 98.2 Å². The van der Waals surface area contributed by atoms with Gasteiger partial charge < -0.3 is 30.1 Å². The molecule has 0 spiro atoms. The number of hydrogen-bond acceptors (Lipinski definition) is 7. The lowest BCUT2D eigenvalue weighted by Crippen LogP contribution is -2.55. The van der Waals surface area contributed by atoms with Crippen LogP contribution in [-0.4, -0.2) is 76.0 Å². The molecule has 2 atom stereocenters. The van der Waals surface area contributed by atoms with E-state index in [0.29, 0.717) is 26.1 Å². The second kappa shape index (κ2) is 7.78. The minimum Gasteiger partial charge on any atom is -0.507 e. The van der Waals surface area contributed by atoms with Gasteiger partial charge in [-0.25, -0.2) is 13.8 Å². The van der Waals surface area contributed by atoms with E-state index in [1.165, 1.54) is 12.1 Å². The van der Waals surface area contributed by atoms with Crippen LogP contribution >= 0.6 is 0 Å². The van der Waals surface area contributed by atoms with Crippen molar-refractivity contribution in [3.05, 3.63) is 35.4 Å². The van der Waals surface area contributed by atoms with Crippen molar-refractivity contribution in [3.63, 3.8) is 0 Å². The summed E-state index contributed by atoms with van der Waals surface area (Å²) in [6.07, 6.45) is 0.374. The highest BCUT2D eigenvalue weighted by Gasteiger charge is 2.48. The Kier molecular flexibility index (Phi) is 5.21. The number of hydrogen-bond donors (Lipinski definition) is 3. The van der Waals surface area contributed by atoms with Gasteiger partial charge in [-0.1, -0.05) is 6.07 Å². The fourth-order valence-electron chi connectivity index (χ4n) is 5.47. The fourth-order valence-corrected chi connectivity index (χ4v) is 5.47. The molecule has 8 nitrogen and oxygen atoms in total. The first-order valence-electron chi connectivity index (χ1n) is 11.4. The number of phenolic OH excluding ortho intramolecular Hbond substituents is 1. The molecule has 0 radical (unpaired) electrons. The fraction of sp³-hybridized carbons (Fsp3) is 0.500. The number of aromatic hydroxyl groups is 1. The summed E-state index contributed by atoms with van der Waals surface area (Å²) >= 11 is 0. The summed E-state index contributed by atoms with van der Waals surface area (Å²) in [7, 11) is 0. The van der Waals surface area contributed by atoms with Crippen LogP contribution in [0.25, 0.3) is 11.3 Å². The minimum absolute atomic E-state index is 0.0488. The third-order valence-electron chi connectivity index (χ3n) is 6.85. The average molecular weight is 475 g/mol. The molecule has 182 valence electrons. The van der Waals surface area contributed by atoms with Gasteiger partial charge in [0.1, 0.15) is 35.2 Å². The lowest BCUT2D eigenvalue weighted by molar-refractivity contribution is 0.0605. The van der Waals surface area contributed by atoms with Gasteiger partial charge in [-0.3, -0.25) is 4.79 Å². The molecule has 2 aromatic rings. The van der Waals surface area contributed by atoms with Crippen LogP contribution in [0.1, 0.15) is 37.6 Å². The van der Waals surface area contributed by atoms with Crippen molar-refractivity contribution in [2.24, 2.45) is 0 Å². The first-order chi connectivity index (χ1) is 16.0. The van der Waals surface area contributed by atoms with E-state index in [4.69, 9.17) is 4.74 Å². The number of carbonyl (C=O) groups excluding carboxylic acids is 1. The highest BCUT2D eigenvalue weighted by Crippen LogP contribution is 2.46. The van der Waals surface area contributed by atoms with Gasteiger partial charge in [-0.2, -0.15) is 0 Å². The van der Waals surface area contributed by atoms with Gasteiger partial charge in [0, 0.05) is 38.1 Å². The van der Waals surface area contributed by atoms with Gasteiger partial charge in [0.15, 0.2) is 11.6 Å². The zero-order valence-corrected chi connectivity index (χ0v) is 19.4. The van der Waals surface area contributed by atoms with Crippen LogP contribution < -0.4 is 15.0 Å². The van der Waals surface area contributed by atoms with Crippen molar-refractivity contribution in [1.29, 1.82) is 0 Å². The molecule has 3 aliphatic rings. The number of ether oxygens (including phenoxy) is 1. The van der Waals surface area contributed by atoms with Crippen molar-refractivity contribution in [3.8, 4) is 22.8 Å². The third kappa shape index (κ3) is 3.56. The lowest BCUT2D eigenvalue weighted by atomic mass is 9.94. The number of β-amino-alcohol motifs (C(OH)–C–C–N with tert-alkyl or cyclic N) is 1. The van der Waals surface area contributed by atoms with Crippen LogP contribution in [0.2, 0.25) is 0 Å². The number of halogens is 2. The highest BCUT2D eigenvalue weighted by atomic mass is 19.1. The Morgan fingerprint density at radius 1 is 1.24 bits per heavy atom. The highest BCUT2D eigenvalue weighted by molar-refractivity contribution is 6.03. The number of aromatic nitrogens is 1. The summed E-state index contributed by atoms with van der Waals surface area (Å²) in [6.45, 7) is 7.16. The quantitative estimate of drug-likeness (QED) is 0.614. The number of aliphatic hydroxyl groups is 1. The van der Waals surface area contributed by atoms with Crippen LogP contribution in [0.15, 0.2) is 18.2 Å². The van der Waals surface area contributed by atoms with Crippen molar-refractivity contribution in [1.82, 2.24) is 15.2 Å². The number of benzene rings is 1. The van der Waals surface area contributed by atoms with Gasteiger partial charge in [-0.15, -0.1) is 0 Å². The molecule has 0 bridgehead atoms. The molecule has 0 saturated carbocycles. The molecule has 34 heavy (non-hydrogen) atoms. The lowest BCUT2D eigenvalue weighted by Gasteiger charge is -2.36. The summed E-state index contributed by atoms with van der Waals surface area (Å²) in [5.74, 6) is -2.99. The van der Waals surface area contributed by atoms with Crippen LogP contribution in [-0.2, 0) is 0 Å². The molecule has 0 aliphatic carbocycles. The van der Waals surface area contributed by atoms with Gasteiger partial charge >= 0.3 is 0 Å². The number of carbonyl (C=O) groups is 1. The molecule has 2 saturated heterocycles. The molecular formula is C24H28F2N4O4. The normalized spacial score (nSPS) is 26.1. The van der Waals surface area contributed by atoms with Crippen molar-refractivity contribution >= 4 is 11.7 Å². The van der Waals surface area contributed by atoms with E-state index < -0.39 is 45.7 Å². The van der Waals surface area contributed by atoms with Crippen LogP contribution in [0, 0.1) is 11.6 Å². The number of phenols is 1. The van der Waals surface area contributed by atoms with E-state index in [1.807, 2.05) is 13.8 Å². The Morgan fingerprint density at radius 2 is 2.00 bits per heavy atom. The number of pyridine rings is 1. The minimum atomic E-state index is -1.08. The van der Waals surface area contributed by atoms with Gasteiger partial charge in [0.25, 0.3) is 5.91 Å². The molecular weight excluding hydrogens is 446 g/mol. The Bertz CT molecular complexity index is 1150. The van der Waals surface area contributed by atoms with Crippen LogP contribution in [0.4, 0.5) is 14.6 Å². The number of rotatable bonds is 2. The molecule has 10 heteroatoms. The molecule has 2 fully saturated rings. The molecule has 3 N–H and O–H groups in total. The summed E-state index contributed by atoms with van der Waals surface area (Å²) in [6, 6.07) is 3.35. The van der Waals surface area contributed by atoms with Gasteiger partial charge in [-0.05, 0) is 32.9 Å². The Labute approximate surface area is 196 Å². The van der Waals surface area contributed by atoms with Gasteiger partial charge in [0.2, 0.25) is 0 Å². The molecule has 1 aromatic heterocycles. The Hall–Kier alpha value is -2.98. The average Bonchev–Trinajstić information content (AvgIpc) is 2.89. The standard InChI is InChI=1S/C24H28F2N4O4/c1-23(2)11-24(3,33)12-30(23)21-17-20(34-10-13-9-27-7-8-29(13)22(17)32)18(26)19(28-21)16-14(25)5-4-6-15(16)31/h4-6,13,27,31,33H,7-12H2,1-3H3/t13-,24?/m1/s1. The van der Waals surface area contributed by atoms with Crippen molar-refractivity contribution < 1.29 is 28.5 Å². The predicted octanol–water partition coefficient (Wildman–Crippen LogP) is 2.28. The smallest absolute Gasteiger partial charge is 0.261 e. The number of anilines is 1. The van der Waals surface area contributed by atoms with Crippen molar-refractivity contribution in [2.75, 3.05) is 37.7 Å². The molecule has 1 aromatic carbocycles. The molecule has 3 aliphatic heterocycles. The third-order valence-corrected chi connectivity index (χ3v) is 6.85. The zero-order valence-electron chi connectivity index (χ0n) is 19.4. The number of piperazine rings is 1. The van der Waals surface area contributed by atoms with Crippen LogP contribution in [0.5, 0.6) is 11.5 Å².